The number of carbonyl (C=O) groups is 1. The second-order valence-electron chi connectivity index (χ2n) is 4.31. The third-order valence-corrected chi connectivity index (χ3v) is 2.62. The number of aromatic nitrogens is 2. The third-order valence-electron chi connectivity index (χ3n) is 2.62. The van der Waals surface area contributed by atoms with Crippen LogP contribution in [0.15, 0.2) is 12.3 Å². The van der Waals surface area contributed by atoms with Crippen LogP contribution in [0, 0.1) is 0 Å². The van der Waals surface area contributed by atoms with E-state index in [9.17, 15) is 4.79 Å². The van der Waals surface area contributed by atoms with E-state index in [4.69, 9.17) is 9.84 Å². The van der Waals surface area contributed by atoms with Crippen molar-refractivity contribution in [3.63, 3.8) is 0 Å². The number of hydrogen-bond donors (Lipinski definition) is 1. The summed E-state index contributed by atoms with van der Waals surface area (Å²) in [5.41, 5.74) is -0.0433. The minimum Gasteiger partial charge on any atom is -0.477 e. The zero-order valence-corrected chi connectivity index (χ0v) is 10.9. The zero-order chi connectivity index (χ0) is 13.4. The van der Waals surface area contributed by atoms with Gasteiger partial charge >= 0.3 is 12.0 Å². The van der Waals surface area contributed by atoms with Crippen molar-refractivity contribution in [3.05, 3.63) is 18.0 Å². The molecule has 0 bridgehead atoms. The molecule has 1 N–H and O–H groups in total. The summed E-state index contributed by atoms with van der Waals surface area (Å²) in [6.45, 7) is 4.12. The molecule has 0 aliphatic heterocycles. The first kappa shape index (κ1) is 14.4. The second kappa shape index (κ2) is 7.63. The van der Waals surface area contributed by atoms with Crippen molar-refractivity contribution in [2.45, 2.75) is 52.1 Å². The Morgan fingerprint density at radius 1 is 1.44 bits per heavy atom. The van der Waals surface area contributed by atoms with E-state index in [0.29, 0.717) is 0 Å². The molecular weight excluding hydrogens is 232 g/mol. The monoisotopic (exact) mass is 252 g/mol. The molecule has 0 aromatic carbocycles. The molecule has 1 aromatic rings. The summed E-state index contributed by atoms with van der Waals surface area (Å²) in [7, 11) is 0. The van der Waals surface area contributed by atoms with E-state index in [1.54, 1.807) is 0 Å². The largest absolute Gasteiger partial charge is 0.477 e. The van der Waals surface area contributed by atoms with Gasteiger partial charge in [-0.1, -0.05) is 26.2 Å². The lowest BCUT2D eigenvalue weighted by atomic mass is 10.1. The molecule has 18 heavy (non-hydrogen) atoms. The van der Waals surface area contributed by atoms with Gasteiger partial charge in [0.25, 0.3) is 0 Å². The first-order valence-electron chi connectivity index (χ1n) is 6.36. The Morgan fingerprint density at radius 2 is 2.22 bits per heavy atom. The van der Waals surface area contributed by atoms with Gasteiger partial charge in [-0.3, -0.25) is 0 Å². The van der Waals surface area contributed by atoms with Gasteiger partial charge in [0.2, 0.25) is 0 Å². The minimum absolute atomic E-state index is 0.00546. The van der Waals surface area contributed by atoms with E-state index in [0.717, 1.165) is 12.8 Å². The lowest BCUT2D eigenvalue weighted by molar-refractivity contribution is 0.0687. The molecule has 0 aliphatic rings. The summed E-state index contributed by atoms with van der Waals surface area (Å²) in [6.07, 6.45) is 7.08. The van der Waals surface area contributed by atoms with E-state index in [1.165, 1.54) is 31.5 Å². The Kier molecular flexibility index (Phi) is 6.11. The maximum Gasteiger partial charge on any atom is 0.354 e. The van der Waals surface area contributed by atoms with Gasteiger partial charge in [-0.05, 0) is 25.8 Å². The van der Waals surface area contributed by atoms with Gasteiger partial charge in [-0.25, -0.2) is 9.78 Å². The number of nitrogens with zero attached hydrogens (tertiary/aromatic N) is 2. The zero-order valence-electron chi connectivity index (χ0n) is 10.9. The van der Waals surface area contributed by atoms with Crippen molar-refractivity contribution < 1.29 is 14.6 Å². The number of rotatable bonds is 8. The molecule has 1 atom stereocenters. The summed E-state index contributed by atoms with van der Waals surface area (Å²) in [4.78, 5) is 18.5. The Hall–Kier alpha value is -1.65. The number of hydrogen-bond acceptors (Lipinski definition) is 4. The van der Waals surface area contributed by atoms with Gasteiger partial charge in [0, 0.05) is 6.20 Å². The number of aromatic carboxylic acids is 1. The number of carboxylic acids is 1. The number of ether oxygens (including phenoxy) is 1. The van der Waals surface area contributed by atoms with Gasteiger partial charge in [0.05, 0.1) is 6.10 Å². The molecule has 100 valence electrons. The van der Waals surface area contributed by atoms with Crippen molar-refractivity contribution >= 4 is 5.97 Å². The maximum atomic E-state index is 10.7. The van der Waals surface area contributed by atoms with Crippen LogP contribution in [0.4, 0.5) is 0 Å². The Balaban J connectivity index is 2.41. The normalized spacial score (nSPS) is 12.1. The molecule has 5 nitrogen and oxygen atoms in total. The summed E-state index contributed by atoms with van der Waals surface area (Å²) < 4.78 is 5.50. The first-order chi connectivity index (χ1) is 8.63. The third kappa shape index (κ3) is 5.12. The van der Waals surface area contributed by atoms with E-state index >= 15 is 0 Å². The van der Waals surface area contributed by atoms with Crippen molar-refractivity contribution in [1.29, 1.82) is 0 Å². The molecule has 5 heteroatoms. The molecule has 0 radical (unpaired) electrons. The predicted molar refractivity (Wildman–Crippen MR) is 67.8 cm³/mol. The highest BCUT2D eigenvalue weighted by atomic mass is 16.5. The van der Waals surface area contributed by atoms with Crippen molar-refractivity contribution in [2.24, 2.45) is 0 Å². The van der Waals surface area contributed by atoms with Crippen LogP contribution in [-0.2, 0) is 0 Å². The first-order valence-corrected chi connectivity index (χ1v) is 6.36. The molecule has 1 aromatic heterocycles. The number of carboxylic acid groups (broad SMARTS) is 1. The SMILES string of the molecule is CCCCCCC(C)Oc1nccc(C(=O)O)n1. The van der Waals surface area contributed by atoms with Gasteiger partial charge in [0.15, 0.2) is 5.69 Å². The summed E-state index contributed by atoms with van der Waals surface area (Å²) in [6, 6.07) is 1.49. The Morgan fingerprint density at radius 3 is 2.89 bits per heavy atom. The summed E-state index contributed by atoms with van der Waals surface area (Å²) in [5, 5.41) is 8.80. The fourth-order valence-corrected chi connectivity index (χ4v) is 1.61. The molecule has 0 spiro atoms. The molecule has 1 rings (SSSR count). The van der Waals surface area contributed by atoms with E-state index in [-0.39, 0.29) is 17.8 Å². The van der Waals surface area contributed by atoms with Gasteiger partial charge in [-0.2, -0.15) is 4.98 Å². The van der Waals surface area contributed by atoms with E-state index in [2.05, 4.69) is 16.9 Å². The van der Waals surface area contributed by atoms with Crippen LogP contribution in [0.5, 0.6) is 6.01 Å². The molecule has 0 fully saturated rings. The average Bonchev–Trinajstić information content (AvgIpc) is 2.35. The lowest BCUT2D eigenvalue weighted by Crippen LogP contribution is -2.14. The molecule has 1 heterocycles. The number of unbranched alkanes of at least 4 members (excludes halogenated alkanes) is 3. The van der Waals surface area contributed by atoms with Crippen molar-refractivity contribution in [3.8, 4) is 6.01 Å². The quantitative estimate of drug-likeness (QED) is 0.720. The van der Waals surface area contributed by atoms with Crippen LogP contribution < -0.4 is 4.74 Å². The second-order valence-corrected chi connectivity index (χ2v) is 4.31. The Labute approximate surface area is 107 Å². The molecule has 0 aliphatic carbocycles. The van der Waals surface area contributed by atoms with Crippen LogP contribution in [0.3, 0.4) is 0 Å². The fourth-order valence-electron chi connectivity index (χ4n) is 1.61. The summed E-state index contributed by atoms with van der Waals surface area (Å²) >= 11 is 0. The topological polar surface area (TPSA) is 72.3 Å². The van der Waals surface area contributed by atoms with Crippen LogP contribution in [0.25, 0.3) is 0 Å². The van der Waals surface area contributed by atoms with Gasteiger partial charge < -0.3 is 9.84 Å². The maximum absolute atomic E-state index is 10.7. The summed E-state index contributed by atoms with van der Waals surface area (Å²) in [5.74, 6) is -1.07. The average molecular weight is 252 g/mol. The standard InChI is InChI=1S/C13H20N2O3/c1-3-4-5-6-7-10(2)18-13-14-9-8-11(15-13)12(16)17/h8-10H,3-7H2,1-2H3,(H,16,17). The van der Waals surface area contributed by atoms with Crippen molar-refractivity contribution in [1.82, 2.24) is 9.97 Å². The lowest BCUT2D eigenvalue weighted by Gasteiger charge is -2.12. The predicted octanol–water partition coefficient (Wildman–Crippen LogP) is 2.91. The highest BCUT2D eigenvalue weighted by Crippen LogP contribution is 2.11. The van der Waals surface area contributed by atoms with Gasteiger partial charge in [-0.15, -0.1) is 0 Å². The fraction of sp³-hybridized carbons (Fsp3) is 0.615. The van der Waals surface area contributed by atoms with Crippen LogP contribution in [0.2, 0.25) is 0 Å². The molecule has 1 unspecified atom stereocenters. The van der Waals surface area contributed by atoms with Crippen LogP contribution >= 0.6 is 0 Å². The Bertz CT molecular complexity index is 382. The van der Waals surface area contributed by atoms with E-state index in [1.807, 2.05) is 6.92 Å². The highest BCUT2D eigenvalue weighted by molar-refractivity contribution is 5.85. The van der Waals surface area contributed by atoms with Gasteiger partial charge in [0.1, 0.15) is 0 Å². The minimum atomic E-state index is -1.07. The molecule has 0 saturated carbocycles. The molecule has 0 saturated heterocycles. The van der Waals surface area contributed by atoms with E-state index < -0.39 is 5.97 Å². The molecule has 0 amide bonds. The highest BCUT2D eigenvalue weighted by Gasteiger charge is 2.10. The smallest absolute Gasteiger partial charge is 0.354 e. The molecular formula is C13H20N2O3. The van der Waals surface area contributed by atoms with Crippen molar-refractivity contribution in [2.75, 3.05) is 0 Å². The van der Waals surface area contributed by atoms with Crippen LogP contribution in [-0.4, -0.2) is 27.1 Å². The van der Waals surface area contributed by atoms with Crippen LogP contribution in [0.1, 0.15) is 56.4 Å².